The summed E-state index contributed by atoms with van der Waals surface area (Å²) in [4.78, 5) is 13.7. The largest absolute Gasteiger partial charge is 0.325 e. The van der Waals surface area contributed by atoms with Crippen molar-refractivity contribution in [2.24, 2.45) is 5.73 Å². The zero-order valence-corrected chi connectivity index (χ0v) is 11.1. The first kappa shape index (κ1) is 13.2. The molecule has 0 spiro atoms. The molecule has 0 fully saturated rings. The van der Waals surface area contributed by atoms with Crippen molar-refractivity contribution in [2.75, 3.05) is 11.9 Å². The number of carbonyl (C=O) groups excluding carboxylic acids is 1. The molecule has 0 aliphatic rings. The van der Waals surface area contributed by atoms with Gasteiger partial charge in [-0.15, -0.1) is 5.10 Å². The molecule has 1 aromatic carbocycles. The topological polar surface area (TPSA) is 77.0 Å². The molecule has 6 nitrogen and oxygen atoms in total. The predicted molar refractivity (Wildman–Crippen MR) is 72.5 cm³/mol. The summed E-state index contributed by atoms with van der Waals surface area (Å²) in [5.41, 5.74) is 8.14. The summed E-state index contributed by atoms with van der Waals surface area (Å²) in [5.74, 6) is -0.0580. The van der Waals surface area contributed by atoms with Crippen LogP contribution in [0.4, 0.5) is 5.69 Å². The van der Waals surface area contributed by atoms with Gasteiger partial charge < -0.3 is 10.6 Å². The highest BCUT2D eigenvalue weighted by atomic mass is 16.2. The van der Waals surface area contributed by atoms with E-state index in [2.05, 4.69) is 10.3 Å². The van der Waals surface area contributed by atoms with Crippen LogP contribution in [0.2, 0.25) is 0 Å². The average molecular weight is 259 g/mol. The van der Waals surface area contributed by atoms with Gasteiger partial charge in [0.05, 0.1) is 11.9 Å². The minimum absolute atomic E-state index is 0.0580. The summed E-state index contributed by atoms with van der Waals surface area (Å²) in [7, 11) is 1.74. The highest BCUT2D eigenvalue weighted by Gasteiger charge is 2.12. The zero-order chi connectivity index (χ0) is 13.8. The summed E-state index contributed by atoms with van der Waals surface area (Å²) in [5, 5.41) is 7.70. The van der Waals surface area contributed by atoms with Crippen LogP contribution in [0.15, 0.2) is 30.5 Å². The number of hydrogen-bond acceptors (Lipinski definition) is 4. The Morgan fingerprint density at radius 1 is 1.37 bits per heavy atom. The smallest absolute Gasteiger partial charge is 0.248 e. The quantitative estimate of drug-likeness (QED) is 0.877. The van der Waals surface area contributed by atoms with Crippen LogP contribution < -0.4 is 10.6 Å². The second-order valence-corrected chi connectivity index (χ2v) is 4.40. The number of rotatable bonds is 4. The lowest BCUT2D eigenvalue weighted by Gasteiger charge is -2.17. The number of benzene rings is 1. The third kappa shape index (κ3) is 3.17. The van der Waals surface area contributed by atoms with Crippen molar-refractivity contribution in [3.05, 3.63) is 41.7 Å². The summed E-state index contributed by atoms with van der Waals surface area (Å²) < 4.78 is 1.50. The van der Waals surface area contributed by atoms with Gasteiger partial charge in [-0.05, 0) is 19.1 Å². The molecule has 1 aromatic heterocycles. The van der Waals surface area contributed by atoms with Gasteiger partial charge in [-0.1, -0.05) is 22.9 Å². The Morgan fingerprint density at radius 2 is 2.05 bits per heavy atom. The van der Waals surface area contributed by atoms with E-state index in [0.29, 0.717) is 12.2 Å². The first-order chi connectivity index (χ1) is 9.10. The molecule has 1 heterocycles. The number of carbonyl (C=O) groups is 1. The minimum atomic E-state index is -0.0580. The van der Waals surface area contributed by atoms with Crippen molar-refractivity contribution in [1.82, 2.24) is 15.0 Å². The van der Waals surface area contributed by atoms with E-state index < -0.39 is 0 Å². The fourth-order valence-electron chi connectivity index (χ4n) is 1.67. The van der Waals surface area contributed by atoms with Crippen molar-refractivity contribution >= 4 is 11.6 Å². The molecular weight excluding hydrogens is 242 g/mol. The molecular formula is C13H17N5O. The van der Waals surface area contributed by atoms with Crippen molar-refractivity contribution in [3.8, 4) is 0 Å². The Hall–Kier alpha value is -2.21. The number of likely N-dealkylation sites (N-methyl/N-ethyl adjacent to an activating group) is 1. The lowest BCUT2D eigenvalue weighted by Crippen LogP contribution is -2.30. The Balaban J connectivity index is 2.04. The molecule has 0 unspecified atom stereocenters. The summed E-state index contributed by atoms with van der Waals surface area (Å²) in [6.07, 6.45) is 1.68. The minimum Gasteiger partial charge on any atom is -0.325 e. The van der Waals surface area contributed by atoms with E-state index in [0.717, 1.165) is 11.3 Å². The lowest BCUT2D eigenvalue weighted by molar-refractivity contribution is -0.119. The number of aryl methyl sites for hydroxylation is 1. The van der Waals surface area contributed by atoms with Gasteiger partial charge in [0, 0.05) is 19.3 Å². The molecule has 0 atom stereocenters. The summed E-state index contributed by atoms with van der Waals surface area (Å²) in [6.45, 7) is 2.48. The Labute approximate surface area is 111 Å². The summed E-state index contributed by atoms with van der Waals surface area (Å²) in [6, 6.07) is 7.78. The van der Waals surface area contributed by atoms with Crippen LogP contribution in [0, 0.1) is 6.92 Å². The van der Waals surface area contributed by atoms with E-state index in [4.69, 9.17) is 5.73 Å². The third-order valence-corrected chi connectivity index (χ3v) is 2.89. The highest BCUT2D eigenvalue weighted by molar-refractivity contribution is 5.92. The van der Waals surface area contributed by atoms with Gasteiger partial charge in [0.15, 0.2) is 0 Å². The molecule has 1 amide bonds. The number of nitrogens with two attached hydrogens (primary N) is 1. The fourth-order valence-corrected chi connectivity index (χ4v) is 1.67. The van der Waals surface area contributed by atoms with Gasteiger partial charge in [-0.3, -0.25) is 4.79 Å². The maximum Gasteiger partial charge on any atom is 0.248 e. The van der Waals surface area contributed by atoms with E-state index in [1.807, 2.05) is 31.2 Å². The van der Waals surface area contributed by atoms with E-state index >= 15 is 0 Å². The second-order valence-electron chi connectivity index (χ2n) is 4.40. The number of amides is 1. The molecule has 6 heteroatoms. The van der Waals surface area contributed by atoms with Crippen LogP contribution in [0.3, 0.4) is 0 Å². The average Bonchev–Trinajstić information content (AvgIpc) is 2.86. The lowest BCUT2D eigenvalue weighted by atomic mass is 10.2. The van der Waals surface area contributed by atoms with E-state index in [1.165, 1.54) is 4.68 Å². The molecule has 0 aliphatic carbocycles. The fraction of sp³-hybridized carbons (Fsp3) is 0.308. The van der Waals surface area contributed by atoms with Gasteiger partial charge in [-0.25, -0.2) is 4.68 Å². The SMILES string of the molecule is Cc1ccc(N(C)C(=O)Cn2cc(CN)nn2)cc1. The Kier molecular flexibility index (Phi) is 3.91. The van der Waals surface area contributed by atoms with Gasteiger partial charge in [0.1, 0.15) is 6.54 Å². The van der Waals surface area contributed by atoms with Gasteiger partial charge in [0.25, 0.3) is 0 Å². The van der Waals surface area contributed by atoms with Crippen LogP contribution >= 0.6 is 0 Å². The molecule has 2 aromatic rings. The van der Waals surface area contributed by atoms with Crippen LogP contribution in [-0.4, -0.2) is 27.9 Å². The van der Waals surface area contributed by atoms with Gasteiger partial charge in [-0.2, -0.15) is 0 Å². The van der Waals surface area contributed by atoms with E-state index in [-0.39, 0.29) is 12.5 Å². The number of nitrogens with zero attached hydrogens (tertiary/aromatic N) is 4. The van der Waals surface area contributed by atoms with Crippen LogP contribution in [-0.2, 0) is 17.9 Å². The van der Waals surface area contributed by atoms with Crippen LogP contribution in [0.25, 0.3) is 0 Å². The Morgan fingerprint density at radius 3 is 2.63 bits per heavy atom. The standard InChI is InChI=1S/C13H17N5O/c1-10-3-5-12(6-4-10)17(2)13(19)9-18-8-11(7-14)15-16-18/h3-6,8H,7,9,14H2,1-2H3. The van der Waals surface area contributed by atoms with Crippen LogP contribution in [0.1, 0.15) is 11.3 Å². The molecule has 19 heavy (non-hydrogen) atoms. The van der Waals surface area contributed by atoms with Crippen molar-refractivity contribution in [1.29, 1.82) is 0 Å². The molecule has 0 saturated carbocycles. The molecule has 100 valence electrons. The van der Waals surface area contributed by atoms with Gasteiger partial charge in [0.2, 0.25) is 5.91 Å². The van der Waals surface area contributed by atoms with Gasteiger partial charge >= 0.3 is 0 Å². The van der Waals surface area contributed by atoms with Crippen molar-refractivity contribution < 1.29 is 4.79 Å². The highest BCUT2D eigenvalue weighted by Crippen LogP contribution is 2.13. The predicted octanol–water partition coefficient (Wildman–Crippen LogP) is 0.708. The normalized spacial score (nSPS) is 10.5. The molecule has 0 saturated heterocycles. The molecule has 2 N–H and O–H groups in total. The zero-order valence-electron chi connectivity index (χ0n) is 11.1. The van der Waals surface area contributed by atoms with Crippen molar-refractivity contribution in [3.63, 3.8) is 0 Å². The van der Waals surface area contributed by atoms with Crippen LogP contribution in [0.5, 0.6) is 0 Å². The molecule has 0 radical (unpaired) electrons. The monoisotopic (exact) mass is 259 g/mol. The molecule has 0 bridgehead atoms. The number of anilines is 1. The number of hydrogen-bond donors (Lipinski definition) is 1. The third-order valence-electron chi connectivity index (χ3n) is 2.89. The summed E-state index contributed by atoms with van der Waals surface area (Å²) >= 11 is 0. The maximum atomic E-state index is 12.1. The van der Waals surface area contributed by atoms with E-state index in [9.17, 15) is 4.79 Å². The Bertz CT molecular complexity index is 561. The first-order valence-corrected chi connectivity index (χ1v) is 6.02. The molecule has 0 aliphatic heterocycles. The van der Waals surface area contributed by atoms with E-state index in [1.54, 1.807) is 18.1 Å². The first-order valence-electron chi connectivity index (χ1n) is 6.02. The number of aromatic nitrogens is 3. The molecule has 2 rings (SSSR count). The van der Waals surface area contributed by atoms with Crippen molar-refractivity contribution in [2.45, 2.75) is 20.0 Å². The maximum absolute atomic E-state index is 12.1. The second kappa shape index (κ2) is 5.62.